The molecule has 0 N–H and O–H groups in total. The quantitative estimate of drug-likeness (QED) is 0.711. The third-order valence-corrected chi connectivity index (χ3v) is 6.59. The van der Waals surface area contributed by atoms with Crippen LogP contribution in [0.25, 0.3) is 0 Å². The Kier molecular flexibility index (Phi) is 6.03. The van der Waals surface area contributed by atoms with Crippen LogP contribution >= 0.6 is 0 Å². The van der Waals surface area contributed by atoms with Crippen LogP contribution in [0.5, 0.6) is 0 Å². The van der Waals surface area contributed by atoms with Crippen LogP contribution in [0.4, 0.5) is 14.9 Å². The Morgan fingerprint density at radius 3 is 2.55 bits per heavy atom. The zero-order valence-corrected chi connectivity index (χ0v) is 18.5. The number of anilines is 1. The number of carbonyl (C=O) groups excluding carboxylic acids is 2. The highest BCUT2D eigenvalue weighted by Crippen LogP contribution is 2.31. The molecule has 3 saturated heterocycles. The lowest BCUT2D eigenvalue weighted by Crippen LogP contribution is -2.49. The summed E-state index contributed by atoms with van der Waals surface area (Å²) in [5.41, 5.74) is 1.28. The molecular weight excluding hydrogens is 425 g/mol. The molecule has 0 radical (unpaired) electrons. The highest BCUT2D eigenvalue weighted by atomic mass is 19.1. The molecule has 8 heteroatoms. The van der Waals surface area contributed by atoms with Gasteiger partial charge in [-0.3, -0.25) is 14.6 Å². The predicted molar refractivity (Wildman–Crippen MR) is 121 cm³/mol. The molecule has 0 aromatic heterocycles. The molecule has 3 fully saturated rings. The first-order valence-corrected chi connectivity index (χ1v) is 11.5. The van der Waals surface area contributed by atoms with E-state index in [2.05, 4.69) is 4.90 Å². The number of amides is 2. The van der Waals surface area contributed by atoms with Crippen molar-refractivity contribution in [3.8, 4) is 0 Å². The number of nitrogens with zero attached hydrogens (tertiary/aromatic N) is 3. The molecule has 33 heavy (non-hydrogen) atoms. The van der Waals surface area contributed by atoms with Gasteiger partial charge in [0, 0.05) is 24.3 Å². The summed E-state index contributed by atoms with van der Waals surface area (Å²) in [5.74, 6) is -0.450. The van der Waals surface area contributed by atoms with Gasteiger partial charge >= 0.3 is 6.09 Å². The maximum atomic E-state index is 13.6. The summed E-state index contributed by atoms with van der Waals surface area (Å²) in [7, 11) is 0. The second kappa shape index (κ2) is 9.11. The Labute approximate surface area is 192 Å². The van der Waals surface area contributed by atoms with Gasteiger partial charge in [0.25, 0.3) is 5.91 Å². The molecule has 0 saturated carbocycles. The van der Waals surface area contributed by atoms with Crippen molar-refractivity contribution in [2.24, 2.45) is 0 Å². The van der Waals surface area contributed by atoms with E-state index < -0.39 is 11.7 Å². The topological polar surface area (TPSA) is 62.3 Å². The highest BCUT2D eigenvalue weighted by Gasteiger charge is 2.49. The summed E-state index contributed by atoms with van der Waals surface area (Å²) in [6.07, 6.45) is 1.87. The van der Waals surface area contributed by atoms with Crippen molar-refractivity contribution in [2.75, 3.05) is 50.8 Å². The van der Waals surface area contributed by atoms with Crippen molar-refractivity contribution in [3.63, 3.8) is 0 Å². The maximum absolute atomic E-state index is 13.6. The van der Waals surface area contributed by atoms with Crippen molar-refractivity contribution in [3.05, 3.63) is 65.5 Å². The summed E-state index contributed by atoms with van der Waals surface area (Å²) in [4.78, 5) is 31.9. The van der Waals surface area contributed by atoms with Gasteiger partial charge in [0.05, 0.1) is 26.3 Å². The SMILES string of the molecule is O=C(c1ccccc1CN1CCCC1)N1CCOCC2(C1)CN(c1ccc(F)cc1)C(=O)O2. The fraction of sp³-hybridized carbons (Fsp3) is 0.440. The molecule has 0 bridgehead atoms. The summed E-state index contributed by atoms with van der Waals surface area (Å²) < 4.78 is 24.9. The Hall–Kier alpha value is -2.97. The number of hydrogen-bond donors (Lipinski definition) is 0. The molecule has 174 valence electrons. The molecule has 2 amide bonds. The minimum Gasteiger partial charge on any atom is -0.436 e. The minimum absolute atomic E-state index is 0.0778. The van der Waals surface area contributed by atoms with Gasteiger partial charge in [-0.15, -0.1) is 0 Å². The molecule has 1 atom stereocenters. The van der Waals surface area contributed by atoms with Crippen molar-refractivity contribution < 1.29 is 23.5 Å². The molecule has 2 aromatic carbocycles. The van der Waals surface area contributed by atoms with E-state index in [-0.39, 0.29) is 31.4 Å². The summed E-state index contributed by atoms with van der Waals surface area (Å²) >= 11 is 0. The van der Waals surface area contributed by atoms with Crippen molar-refractivity contribution in [1.82, 2.24) is 9.80 Å². The molecule has 3 heterocycles. The lowest BCUT2D eigenvalue weighted by molar-refractivity contribution is -0.0140. The van der Waals surface area contributed by atoms with Crippen LogP contribution in [-0.2, 0) is 16.0 Å². The second-order valence-corrected chi connectivity index (χ2v) is 9.03. The fourth-order valence-electron chi connectivity index (χ4n) is 4.90. The average Bonchev–Trinajstić information content (AvgIpc) is 3.38. The largest absolute Gasteiger partial charge is 0.436 e. The monoisotopic (exact) mass is 453 g/mol. The van der Waals surface area contributed by atoms with Gasteiger partial charge in [-0.25, -0.2) is 9.18 Å². The van der Waals surface area contributed by atoms with E-state index in [9.17, 15) is 14.0 Å². The van der Waals surface area contributed by atoms with E-state index in [0.717, 1.165) is 25.2 Å². The van der Waals surface area contributed by atoms with E-state index in [0.29, 0.717) is 24.4 Å². The first-order valence-electron chi connectivity index (χ1n) is 11.5. The smallest absolute Gasteiger partial charge is 0.415 e. The molecule has 1 spiro atoms. The lowest BCUT2D eigenvalue weighted by atomic mass is 10.0. The van der Waals surface area contributed by atoms with Crippen LogP contribution in [0.15, 0.2) is 48.5 Å². The third kappa shape index (κ3) is 4.58. The van der Waals surface area contributed by atoms with Crippen LogP contribution < -0.4 is 4.90 Å². The van der Waals surface area contributed by atoms with Gasteiger partial charge in [-0.2, -0.15) is 0 Å². The molecule has 3 aliphatic heterocycles. The van der Waals surface area contributed by atoms with E-state index in [1.54, 1.807) is 17.0 Å². The van der Waals surface area contributed by atoms with E-state index in [1.165, 1.54) is 29.9 Å². The molecule has 1 unspecified atom stereocenters. The number of halogens is 1. The van der Waals surface area contributed by atoms with Gasteiger partial charge < -0.3 is 14.4 Å². The Balaban J connectivity index is 1.35. The van der Waals surface area contributed by atoms with E-state index >= 15 is 0 Å². The van der Waals surface area contributed by atoms with Gasteiger partial charge in [0.2, 0.25) is 0 Å². The number of carbonyl (C=O) groups is 2. The van der Waals surface area contributed by atoms with E-state index in [1.807, 2.05) is 24.3 Å². The van der Waals surface area contributed by atoms with Crippen LogP contribution in [0.2, 0.25) is 0 Å². The number of likely N-dealkylation sites (tertiary alicyclic amines) is 1. The molecule has 3 aliphatic rings. The summed E-state index contributed by atoms with van der Waals surface area (Å²) in [5, 5.41) is 0. The Morgan fingerprint density at radius 1 is 1.00 bits per heavy atom. The molecule has 0 aliphatic carbocycles. The van der Waals surface area contributed by atoms with Gasteiger partial charge in [0.15, 0.2) is 5.60 Å². The highest BCUT2D eigenvalue weighted by molar-refractivity contribution is 5.96. The first kappa shape index (κ1) is 21.9. The molecule has 5 rings (SSSR count). The van der Waals surface area contributed by atoms with Crippen LogP contribution in [0.1, 0.15) is 28.8 Å². The van der Waals surface area contributed by atoms with Gasteiger partial charge in [-0.05, 0) is 61.8 Å². The van der Waals surface area contributed by atoms with Crippen molar-refractivity contribution in [2.45, 2.75) is 25.0 Å². The summed E-state index contributed by atoms with van der Waals surface area (Å²) in [6, 6.07) is 13.5. The van der Waals surface area contributed by atoms with Gasteiger partial charge in [-0.1, -0.05) is 18.2 Å². The first-order chi connectivity index (χ1) is 16.0. The minimum atomic E-state index is -0.971. The number of hydrogen-bond acceptors (Lipinski definition) is 5. The van der Waals surface area contributed by atoms with Crippen molar-refractivity contribution >= 4 is 17.7 Å². The lowest BCUT2D eigenvalue weighted by Gasteiger charge is -2.30. The van der Waals surface area contributed by atoms with Gasteiger partial charge in [0.1, 0.15) is 5.82 Å². The third-order valence-electron chi connectivity index (χ3n) is 6.59. The zero-order chi connectivity index (χ0) is 22.8. The number of benzene rings is 2. The summed E-state index contributed by atoms with van der Waals surface area (Å²) in [6.45, 7) is 4.34. The van der Waals surface area contributed by atoms with Crippen LogP contribution in [0.3, 0.4) is 0 Å². The molecule has 7 nitrogen and oxygen atoms in total. The average molecular weight is 454 g/mol. The zero-order valence-electron chi connectivity index (χ0n) is 18.5. The number of ether oxygens (including phenoxy) is 2. The van der Waals surface area contributed by atoms with E-state index in [4.69, 9.17) is 9.47 Å². The standard InChI is InChI=1S/C25H28FN3O4/c26-20-7-9-21(10-8-20)29-17-25(33-24(29)31)16-28(13-14-32-18-25)23(30)22-6-2-1-5-19(22)15-27-11-3-4-12-27/h1-2,5-10H,3-4,11-18H2. The van der Waals surface area contributed by atoms with Crippen molar-refractivity contribution in [1.29, 1.82) is 0 Å². The second-order valence-electron chi connectivity index (χ2n) is 9.03. The molecule has 2 aromatic rings. The fourth-order valence-corrected chi connectivity index (χ4v) is 4.90. The maximum Gasteiger partial charge on any atom is 0.415 e. The van der Waals surface area contributed by atoms with Crippen LogP contribution in [0, 0.1) is 5.82 Å². The predicted octanol–water partition coefficient (Wildman–Crippen LogP) is 3.29. The normalized spacial score (nSPS) is 23.7. The number of rotatable bonds is 4. The Morgan fingerprint density at radius 2 is 1.76 bits per heavy atom. The Bertz CT molecular complexity index is 1020. The van der Waals surface area contributed by atoms with Crippen LogP contribution in [-0.4, -0.2) is 73.3 Å². The molecular formula is C25H28FN3O4.